The molecule has 27 heavy (non-hydrogen) atoms. The van der Waals surface area contributed by atoms with Crippen LogP contribution in [0.5, 0.6) is 0 Å². The number of nitrogens with one attached hydrogen (secondary N) is 1. The maximum absolute atomic E-state index is 13.8. The Hall–Kier alpha value is -2.58. The fourth-order valence-corrected chi connectivity index (χ4v) is 3.28. The lowest BCUT2D eigenvalue weighted by Gasteiger charge is -2.30. The summed E-state index contributed by atoms with van der Waals surface area (Å²) in [7, 11) is 0. The molecular formula is C19H19F3N2O3. The molecule has 1 aliphatic rings. The van der Waals surface area contributed by atoms with Crippen LogP contribution in [0.3, 0.4) is 0 Å². The van der Waals surface area contributed by atoms with Crippen LogP contribution in [-0.2, 0) is 9.53 Å². The number of hydrogen-bond donors (Lipinski definition) is 2. The van der Waals surface area contributed by atoms with Crippen molar-refractivity contribution in [3.8, 4) is 0 Å². The second kappa shape index (κ2) is 7.21. The number of rotatable bonds is 4. The summed E-state index contributed by atoms with van der Waals surface area (Å²) in [5, 5.41) is 11.7. The van der Waals surface area contributed by atoms with Crippen LogP contribution in [0.1, 0.15) is 18.5 Å². The van der Waals surface area contributed by atoms with Gasteiger partial charge in [-0.05, 0) is 24.6 Å². The van der Waals surface area contributed by atoms with Gasteiger partial charge in [-0.3, -0.25) is 9.80 Å². The van der Waals surface area contributed by atoms with Gasteiger partial charge in [0.2, 0.25) is 5.72 Å². The lowest BCUT2D eigenvalue weighted by Crippen LogP contribution is -2.60. The van der Waals surface area contributed by atoms with Crippen molar-refractivity contribution < 1.29 is 27.8 Å². The fourth-order valence-electron chi connectivity index (χ4n) is 3.28. The first-order chi connectivity index (χ1) is 12.8. The Bertz CT molecular complexity index is 786. The summed E-state index contributed by atoms with van der Waals surface area (Å²) in [6, 6.07) is 15.3. The largest absolute Gasteiger partial charge is 0.466 e. The number of esters is 1. The average Bonchev–Trinajstić information content (AvgIpc) is 2.98. The fraction of sp³-hybridized carbons (Fsp3) is 0.316. The van der Waals surface area contributed by atoms with E-state index in [4.69, 9.17) is 4.74 Å². The standard InChI is InChI=1S/C19H19F3N2O3/c1-2-27-17(25)15-16(13-9-5-3-6-10-13)24(14-11-7-4-8-12-14)23-18(15,26)19(20,21)22/h3-12,15-16,23,26H,2H2,1H3. The van der Waals surface area contributed by atoms with Crippen molar-refractivity contribution in [3.63, 3.8) is 0 Å². The molecule has 1 saturated heterocycles. The predicted molar refractivity (Wildman–Crippen MR) is 92.4 cm³/mol. The maximum atomic E-state index is 13.8. The Morgan fingerprint density at radius 3 is 2.22 bits per heavy atom. The molecule has 3 rings (SSSR count). The van der Waals surface area contributed by atoms with Crippen molar-refractivity contribution >= 4 is 11.7 Å². The van der Waals surface area contributed by atoms with E-state index >= 15 is 0 Å². The number of benzene rings is 2. The van der Waals surface area contributed by atoms with Crippen molar-refractivity contribution in [1.82, 2.24) is 5.43 Å². The van der Waals surface area contributed by atoms with Crippen LogP contribution in [0.2, 0.25) is 0 Å². The van der Waals surface area contributed by atoms with E-state index in [0.717, 1.165) is 0 Å². The van der Waals surface area contributed by atoms with Crippen LogP contribution in [0.25, 0.3) is 0 Å². The number of halogens is 3. The summed E-state index contributed by atoms with van der Waals surface area (Å²) in [5.41, 5.74) is -0.539. The molecule has 0 aromatic heterocycles. The first-order valence-electron chi connectivity index (χ1n) is 8.42. The number of alkyl halides is 3. The van der Waals surface area contributed by atoms with E-state index in [1.807, 2.05) is 0 Å². The number of ether oxygens (including phenoxy) is 1. The normalized spacial score (nSPS) is 25.4. The minimum absolute atomic E-state index is 0.101. The highest BCUT2D eigenvalue weighted by Gasteiger charge is 2.69. The Balaban J connectivity index is 2.18. The topological polar surface area (TPSA) is 61.8 Å². The van der Waals surface area contributed by atoms with Crippen molar-refractivity contribution in [1.29, 1.82) is 0 Å². The molecule has 0 radical (unpaired) electrons. The number of carbonyl (C=O) groups excluding carboxylic acids is 1. The second-order valence-corrected chi connectivity index (χ2v) is 6.17. The van der Waals surface area contributed by atoms with Gasteiger partial charge in [-0.2, -0.15) is 18.6 Å². The summed E-state index contributed by atoms with van der Waals surface area (Å²) < 4.78 is 46.4. The SMILES string of the molecule is CCOC(=O)C1C(c2ccccc2)N(c2ccccc2)NC1(O)C(F)(F)F. The average molecular weight is 380 g/mol. The van der Waals surface area contributed by atoms with Crippen molar-refractivity contribution in [3.05, 3.63) is 66.2 Å². The Morgan fingerprint density at radius 1 is 1.15 bits per heavy atom. The molecule has 0 aliphatic carbocycles. The van der Waals surface area contributed by atoms with E-state index in [-0.39, 0.29) is 6.61 Å². The third-order valence-electron chi connectivity index (χ3n) is 4.48. The highest BCUT2D eigenvalue weighted by Crippen LogP contribution is 2.49. The Labute approximate surface area is 154 Å². The lowest BCUT2D eigenvalue weighted by atomic mass is 9.86. The van der Waals surface area contributed by atoms with Gasteiger partial charge in [0.25, 0.3) is 0 Å². The number of aliphatic hydroxyl groups is 1. The summed E-state index contributed by atoms with van der Waals surface area (Å²) in [6.45, 7) is 1.40. The number of anilines is 1. The number of nitrogens with zero attached hydrogens (tertiary/aromatic N) is 1. The van der Waals surface area contributed by atoms with Crippen LogP contribution in [0, 0.1) is 5.92 Å². The number of carbonyl (C=O) groups is 1. The zero-order valence-electron chi connectivity index (χ0n) is 14.5. The molecule has 1 aliphatic heterocycles. The monoisotopic (exact) mass is 380 g/mol. The molecule has 3 atom stereocenters. The zero-order valence-corrected chi connectivity index (χ0v) is 14.5. The number of hydrazine groups is 1. The molecule has 8 heteroatoms. The van der Waals surface area contributed by atoms with Gasteiger partial charge < -0.3 is 9.84 Å². The minimum atomic E-state index is -5.11. The molecular weight excluding hydrogens is 361 g/mol. The predicted octanol–water partition coefficient (Wildman–Crippen LogP) is 3.18. The third kappa shape index (κ3) is 3.38. The molecule has 0 amide bonds. The number of para-hydroxylation sites is 1. The number of hydrogen-bond acceptors (Lipinski definition) is 5. The smallest absolute Gasteiger partial charge is 0.433 e. The van der Waals surface area contributed by atoms with Crippen molar-refractivity contribution in [2.75, 3.05) is 11.6 Å². The van der Waals surface area contributed by atoms with E-state index in [1.165, 1.54) is 11.9 Å². The van der Waals surface area contributed by atoms with E-state index in [0.29, 0.717) is 11.3 Å². The van der Waals surface area contributed by atoms with Crippen molar-refractivity contribution in [2.45, 2.75) is 24.9 Å². The van der Waals surface area contributed by atoms with Gasteiger partial charge in [0, 0.05) is 0 Å². The van der Waals surface area contributed by atoms with Gasteiger partial charge in [0.15, 0.2) is 0 Å². The highest BCUT2D eigenvalue weighted by molar-refractivity contribution is 5.77. The lowest BCUT2D eigenvalue weighted by molar-refractivity contribution is -0.282. The molecule has 2 aromatic rings. The molecule has 0 saturated carbocycles. The first-order valence-corrected chi connectivity index (χ1v) is 8.42. The third-order valence-corrected chi connectivity index (χ3v) is 4.48. The molecule has 0 bridgehead atoms. The molecule has 1 fully saturated rings. The van der Waals surface area contributed by atoms with Crippen molar-refractivity contribution in [2.24, 2.45) is 5.92 Å². The van der Waals surface area contributed by atoms with Crippen LogP contribution in [0.15, 0.2) is 60.7 Å². The molecule has 1 heterocycles. The summed E-state index contributed by atoms with van der Waals surface area (Å²) in [4.78, 5) is 12.5. The van der Waals surface area contributed by atoms with E-state index in [2.05, 4.69) is 5.43 Å². The van der Waals surface area contributed by atoms with Crippen LogP contribution in [0.4, 0.5) is 18.9 Å². The molecule has 144 valence electrons. The van der Waals surface area contributed by atoms with Gasteiger partial charge in [-0.15, -0.1) is 0 Å². The van der Waals surface area contributed by atoms with Crippen LogP contribution < -0.4 is 10.4 Å². The summed E-state index contributed by atoms with van der Waals surface area (Å²) in [5.74, 6) is -3.04. The first kappa shape index (κ1) is 19.2. The van der Waals surface area contributed by atoms with Gasteiger partial charge in [-0.25, -0.2) is 0 Å². The van der Waals surface area contributed by atoms with E-state index in [9.17, 15) is 23.1 Å². The molecule has 2 N–H and O–H groups in total. The molecule has 0 spiro atoms. The molecule has 5 nitrogen and oxygen atoms in total. The van der Waals surface area contributed by atoms with Crippen LogP contribution in [-0.4, -0.2) is 29.6 Å². The highest BCUT2D eigenvalue weighted by atomic mass is 19.4. The Morgan fingerprint density at radius 2 is 1.70 bits per heavy atom. The van der Waals surface area contributed by atoms with Gasteiger partial charge in [0.1, 0.15) is 5.92 Å². The minimum Gasteiger partial charge on any atom is -0.466 e. The zero-order chi connectivity index (χ0) is 19.7. The van der Waals surface area contributed by atoms with Crippen LogP contribution >= 0.6 is 0 Å². The molecule has 2 aromatic carbocycles. The summed E-state index contributed by atoms with van der Waals surface area (Å²) >= 11 is 0. The summed E-state index contributed by atoms with van der Waals surface area (Å²) in [6.07, 6.45) is -5.11. The second-order valence-electron chi connectivity index (χ2n) is 6.17. The van der Waals surface area contributed by atoms with Gasteiger partial charge >= 0.3 is 12.1 Å². The van der Waals surface area contributed by atoms with Gasteiger partial charge in [0.05, 0.1) is 18.3 Å². The van der Waals surface area contributed by atoms with Gasteiger partial charge in [-0.1, -0.05) is 48.5 Å². The maximum Gasteiger partial charge on any atom is 0.433 e. The Kier molecular flexibility index (Phi) is 5.12. The molecule has 3 unspecified atom stereocenters. The quantitative estimate of drug-likeness (QED) is 0.798. The van der Waals surface area contributed by atoms with E-state index in [1.54, 1.807) is 60.7 Å². The van der Waals surface area contributed by atoms with E-state index < -0.39 is 29.8 Å².